The number of nitrogens with one attached hydrogen (secondary N) is 3. The second kappa shape index (κ2) is 5.54. The van der Waals surface area contributed by atoms with Crippen molar-refractivity contribution in [3.05, 3.63) is 62.7 Å². The van der Waals surface area contributed by atoms with Crippen LogP contribution in [0.25, 0.3) is 0 Å². The van der Waals surface area contributed by atoms with Crippen molar-refractivity contribution >= 4 is 12.1 Å². The Morgan fingerprint density at radius 1 is 1.32 bits per heavy atom. The van der Waals surface area contributed by atoms with Crippen molar-refractivity contribution in [2.75, 3.05) is 0 Å². The molecule has 0 aromatic carbocycles. The lowest BCUT2D eigenvalue weighted by molar-refractivity contribution is 0.0955. The molecule has 0 bridgehead atoms. The summed E-state index contributed by atoms with van der Waals surface area (Å²) in [6, 6.07) is 3.05. The van der Waals surface area contributed by atoms with Crippen molar-refractivity contribution in [1.82, 2.24) is 20.4 Å². The fourth-order valence-electron chi connectivity index (χ4n) is 1.24. The van der Waals surface area contributed by atoms with E-state index in [2.05, 4.69) is 20.5 Å². The predicted octanol–water partition coefficient (Wildman–Crippen LogP) is -0.778. The average Bonchev–Trinajstić information content (AvgIpc) is 2.42. The zero-order valence-corrected chi connectivity index (χ0v) is 9.58. The standard InChI is InChI=1S/C11H9N5O3/c17-9-8(5-13-11(19)15-9)6-14-16-10(18)7-1-3-12-4-2-7/h1-6H,(H,16,18)(H2,13,15,17,19)/b14-6+. The fraction of sp³-hybridized carbons (Fsp3) is 0. The van der Waals surface area contributed by atoms with Crippen molar-refractivity contribution in [1.29, 1.82) is 0 Å². The molecule has 0 fully saturated rings. The number of nitrogens with zero attached hydrogens (tertiary/aromatic N) is 2. The molecule has 3 N–H and O–H groups in total. The van der Waals surface area contributed by atoms with Crippen LogP contribution in [0.4, 0.5) is 0 Å². The molecular formula is C11H9N5O3. The molecule has 0 atom stereocenters. The molecule has 19 heavy (non-hydrogen) atoms. The number of rotatable bonds is 3. The molecule has 0 spiro atoms. The van der Waals surface area contributed by atoms with E-state index in [0.29, 0.717) is 5.56 Å². The lowest BCUT2D eigenvalue weighted by Crippen LogP contribution is -2.25. The van der Waals surface area contributed by atoms with Crippen LogP contribution in [-0.2, 0) is 0 Å². The average molecular weight is 259 g/mol. The van der Waals surface area contributed by atoms with Gasteiger partial charge in [0.15, 0.2) is 0 Å². The Balaban J connectivity index is 2.06. The first-order valence-electron chi connectivity index (χ1n) is 5.22. The number of hydrazone groups is 1. The van der Waals surface area contributed by atoms with Gasteiger partial charge in [0.2, 0.25) is 0 Å². The van der Waals surface area contributed by atoms with Crippen LogP contribution in [0.5, 0.6) is 0 Å². The van der Waals surface area contributed by atoms with Gasteiger partial charge in [0.05, 0.1) is 11.8 Å². The summed E-state index contributed by atoms with van der Waals surface area (Å²) < 4.78 is 0. The van der Waals surface area contributed by atoms with E-state index >= 15 is 0 Å². The van der Waals surface area contributed by atoms with E-state index < -0.39 is 17.2 Å². The zero-order chi connectivity index (χ0) is 13.7. The molecular weight excluding hydrogens is 250 g/mol. The summed E-state index contributed by atoms with van der Waals surface area (Å²) in [5, 5.41) is 3.62. The number of carbonyl (C=O) groups is 1. The van der Waals surface area contributed by atoms with Crippen molar-refractivity contribution in [2.24, 2.45) is 5.10 Å². The van der Waals surface area contributed by atoms with Crippen LogP contribution in [0, 0.1) is 0 Å². The SMILES string of the molecule is O=C(N/N=C/c1c[nH]c(=O)[nH]c1=O)c1ccncc1. The number of hydrogen-bond donors (Lipinski definition) is 3. The summed E-state index contributed by atoms with van der Waals surface area (Å²) in [6.45, 7) is 0. The Morgan fingerprint density at radius 2 is 2.05 bits per heavy atom. The van der Waals surface area contributed by atoms with Gasteiger partial charge in [-0.1, -0.05) is 0 Å². The Morgan fingerprint density at radius 3 is 2.74 bits per heavy atom. The Labute approximate surface area is 106 Å². The molecule has 2 rings (SSSR count). The highest BCUT2D eigenvalue weighted by Crippen LogP contribution is 1.94. The lowest BCUT2D eigenvalue weighted by atomic mass is 10.3. The molecule has 0 aliphatic heterocycles. The van der Waals surface area contributed by atoms with Gasteiger partial charge in [-0.25, -0.2) is 10.2 Å². The summed E-state index contributed by atoms with van der Waals surface area (Å²) in [6.07, 6.45) is 5.29. The van der Waals surface area contributed by atoms with Gasteiger partial charge < -0.3 is 4.98 Å². The minimum absolute atomic E-state index is 0.120. The smallest absolute Gasteiger partial charge is 0.313 e. The van der Waals surface area contributed by atoms with Gasteiger partial charge in [-0.15, -0.1) is 0 Å². The molecule has 2 aromatic heterocycles. The predicted molar refractivity (Wildman–Crippen MR) is 67.0 cm³/mol. The minimum atomic E-state index is -0.608. The van der Waals surface area contributed by atoms with E-state index in [1.807, 2.05) is 4.98 Å². The van der Waals surface area contributed by atoms with E-state index in [1.165, 1.54) is 30.7 Å². The third-order valence-electron chi connectivity index (χ3n) is 2.16. The lowest BCUT2D eigenvalue weighted by Gasteiger charge is -1.97. The quantitative estimate of drug-likeness (QED) is 0.494. The number of aromatic nitrogens is 3. The Kier molecular flexibility index (Phi) is 3.62. The van der Waals surface area contributed by atoms with Crippen LogP contribution in [0.1, 0.15) is 15.9 Å². The normalized spacial score (nSPS) is 10.5. The maximum absolute atomic E-state index is 11.6. The van der Waals surface area contributed by atoms with E-state index in [0.717, 1.165) is 6.21 Å². The van der Waals surface area contributed by atoms with Gasteiger partial charge in [-0.3, -0.25) is 19.6 Å². The molecule has 2 aromatic rings. The number of hydrogen-bond acceptors (Lipinski definition) is 5. The van der Waals surface area contributed by atoms with Crippen LogP contribution in [0.15, 0.2) is 45.4 Å². The highest BCUT2D eigenvalue weighted by molar-refractivity contribution is 5.94. The van der Waals surface area contributed by atoms with Gasteiger partial charge in [0, 0.05) is 24.2 Å². The van der Waals surface area contributed by atoms with Gasteiger partial charge in [-0.05, 0) is 12.1 Å². The molecule has 0 aliphatic carbocycles. The van der Waals surface area contributed by atoms with Crippen molar-refractivity contribution in [2.45, 2.75) is 0 Å². The van der Waals surface area contributed by atoms with Crippen LogP contribution >= 0.6 is 0 Å². The third kappa shape index (κ3) is 3.22. The van der Waals surface area contributed by atoms with E-state index in [9.17, 15) is 14.4 Å². The van der Waals surface area contributed by atoms with Crippen molar-refractivity contribution < 1.29 is 4.79 Å². The highest BCUT2D eigenvalue weighted by Gasteiger charge is 2.02. The molecule has 8 heteroatoms. The first kappa shape index (κ1) is 12.4. The van der Waals surface area contributed by atoms with Gasteiger partial charge in [-0.2, -0.15) is 5.10 Å². The summed E-state index contributed by atoms with van der Waals surface area (Å²) >= 11 is 0. The third-order valence-corrected chi connectivity index (χ3v) is 2.16. The maximum Gasteiger partial charge on any atom is 0.325 e. The Bertz CT molecular complexity index is 717. The number of amides is 1. The topological polar surface area (TPSA) is 120 Å². The Hall–Kier alpha value is -3.03. The monoisotopic (exact) mass is 259 g/mol. The van der Waals surface area contributed by atoms with Crippen molar-refractivity contribution in [3.63, 3.8) is 0 Å². The number of H-pyrrole nitrogens is 2. The summed E-state index contributed by atoms with van der Waals surface area (Å²) in [5.74, 6) is -0.431. The molecule has 0 unspecified atom stereocenters. The van der Waals surface area contributed by atoms with Gasteiger partial charge in [0.1, 0.15) is 0 Å². The molecule has 0 radical (unpaired) electrons. The van der Waals surface area contributed by atoms with Crippen molar-refractivity contribution in [3.8, 4) is 0 Å². The summed E-state index contributed by atoms with van der Waals surface area (Å²) in [4.78, 5) is 41.7. The molecule has 1 amide bonds. The van der Waals surface area contributed by atoms with E-state index in [4.69, 9.17) is 0 Å². The van der Waals surface area contributed by atoms with Crippen LogP contribution < -0.4 is 16.7 Å². The molecule has 96 valence electrons. The largest absolute Gasteiger partial charge is 0.325 e. The van der Waals surface area contributed by atoms with Crippen LogP contribution in [-0.4, -0.2) is 27.1 Å². The molecule has 0 aliphatic rings. The second-order valence-electron chi connectivity index (χ2n) is 3.46. The zero-order valence-electron chi connectivity index (χ0n) is 9.58. The van der Waals surface area contributed by atoms with Crippen LogP contribution in [0.3, 0.4) is 0 Å². The second-order valence-corrected chi connectivity index (χ2v) is 3.46. The summed E-state index contributed by atoms with van der Waals surface area (Å²) in [7, 11) is 0. The molecule has 0 saturated carbocycles. The molecule has 2 heterocycles. The number of aromatic amines is 2. The van der Waals surface area contributed by atoms with Gasteiger partial charge >= 0.3 is 5.69 Å². The number of carbonyl (C=O) groups excluding carboxylic acids is 1. The first-order valence-corrected chi connectivity index (χ1v) is 5.22. The highest BCUT2D eigenvalue weighted by atomic mass is 16.2. The van der Waals surface area contributed by atoms with E-state index in [1.54, 1.807) is 0 Å². The minimum Gasteiger partial charge on any atom is -0.313 e. The van der Waals surface area contributed by atoms with Gasteiger partial charge in [0.25, 0.3) is 11.5 Å². The molecule has 8 nitrogen and oxygen atoms in total. The van der Waals surface area contributed by atoms with Crippen LogP contribution in [0.2, 0.25) is 0 Å². The maximum atomic E-state index is 11.6. The summed E-state index contributed by atoms with van der Waals surface area (Å²) in [5.41, 5.74) is 1.56. The first-order chi connectivity index (χ1) is 9.16. The molecule has 0 saturated heterocycles. The fourth-order valence-corrected chi connectivity index (χ4v) is 1.24. The number of pyridine rings is 1. The van der Waals surface area contributed by atoms with E-state index in [-0.39, 0.29) is 5.56 Å².